The van der Waals surface area contributed by atoms with Gasteiger partial charge < -0.3 is 10.0 Å². The summed E-state index contributed by atoms with van der Waals surface area (Å²) in [6.45, 7) is 3.67. The van der Waals surface area contributed by atoms with Crippen molar-refractivity contribution in [1.29, 1.82) is 0 Å². The molecule has 1 aromatic heterocycles. The average molecular weight is 283 g/mol. The van der Waals surface area contributed by atoms with Crippen LogP contribution in [0.3, 0.4) is 0 Å². The Hall–Kier alpha value is -1.14. The van der Waals surface area contributed by atoms with Gasteiger partial charge in [-0.3, -0.25) is 5.32 Å². The van der Waals surface area contributed by atoms with Crippen LogP contribution in [0.2, 0.25) is 0 Å². The highest BCUT2D eigenvalue weighted by molar-refractivity contribution is 7.15. The van der Waals surface area contributed by atoms with Crippen molar-refractivity contribution in [3.63, 3.8) is 0 Å². The zero-order valence-electron chi connectivity index (χ0n) is 11.3. The van der Waals surface area contributed by atoms with Crippen molar-refractivity contribution >= 4 is 22.5 Å². The van der Waals surface area contributed by atoms with Crippen molar-refractivity contribution in [1.82, 2.24) is 9.88 Å². The van der Waals surface area contributed by atoms with Gasteiger partial charge in [-0.25, -0.2) is 9.78 Å². The van der Waals surface area contributed by atoms with Crippen LogP contribution in [0, 0.1) is 5.92 Å². The van der Waals surface area contributed by atoms with Crippen molar-refractivity contribution in [2.45, 2.75) is 32.6 Å². The number of hydrogen-bond acceptors (Lipinski definition) is 4. The summed E-state index contributed by atoms with van der Waals surface area (Å²) in [7, 11) is 0. The van der Waals surface area contributed by atoms with Crippen LogP contribution in [-0.2, 0) is 6.42 Å². The Kier molecular flexibility index (Phi) is 5.15. The van der Waals surface area contributed by atoms with Crippen LogP contribution in [0.15, 0.2) is 6.20 Å². The van der Waals surface area contributed by atoms with E-state index >= 15 is 0 Å². The first-order chi connectivity index (χ1) is 9.22. The SMILES string of the molecule is CCCc1cnc(NC(=O)N2CCCC(CO)C2)s1. The fourth-order valence-corrected chi connectivity index (χ4v) is 3.20. The predicted molar refractivity (Wildman–Crippen MR) is 76.5 cm³/mol. The molecule has 1 unspecified atom stereocenters. The van der Waals surface area contributed by atoms with Gasteiger partial charge in [0.15, 0.2) is 5.13 Å². The van der Waals surface area contributed by atoms with Gasteiger partial charge in [0, 0.05) is 30.8 Å². The maximum absolute atomic E-state index is 12.1. The number of rotatable bonds is 4. The lowest BCUT2D eigenvalue weighted by Gasteiger charge is -2.31. The van der Waals surface area contributed by atoms with E-state index in [1.54, 1.807) is 4.90 Å². The van der Waals surface area contributed by atoms with Gasteiger partial charge in [0.1, 0.15) is 0 Å². The lowest BCUT2D eigenvalue weighted by Crippen LogP contribution is -2.43. The molecule has 2 rings (SSSR count). The van der Waals surface area contributed by atoms with E-state index in [0.29, 0.717) is 11.7 Å². The van der Waals surface area contributed by atoms with E-state index in [1.165, 1.54) is 16.2 Å². The van der Waals surface area contributed by atoms with Crippen molar-refractivity contribution in [2.24, 2.45) is 5.92 Å². The van der Waals surface area contributed by atoms with Gasteiger partial charge in [-0.15, -0.1) is 11.3 Å². The number of hydrogen-bond donors (Lipinski definition) is 2. The van der Waals surface area contributed by atoms with E-state index in [-0.39, 0.29) is 18.6 Å². The third-order valence-electron chi connectivity index (χ3n) is 3.33. The van der Waals surface area contributed by atoms with E-state index in [4.69, 9.17) is 0 Å². The molecule has 0 aromatic carbocycles. The van der Waals surface area contributed by atoms with Crippen LogP contribution in [0.25, 0.3) is 0 Å². The number of anilines is 1. The largest absolute Gasteiger partial charge is 0.396 e. The lowest BCUT2D eigenvalue weighted by atomic mass is 9.99. The number of amides is 2. The minimum atomic E-state index is -0.101. The molecular formula is C13H21N3O2S. The fraction of sp³-hybridized carbons (Fsp3) is 0.692. The van der Waals surface area contributed by atoms with Gasteiger partial charge in [-0.1, -0.05) is 13.3 Å². The monoisotopic (exact) mass is 283 g/mol. The number of piperidine rings is 1. The maximum atomic E-state index is 12.1. The van der Waals surface area contributed by atoms with Crippen molar-refractivity contribution in [3.05, 3.63) is 11.1 Å². The zero-order valence-corrected chi connectivity index (χ0v) is 12.1. The lowest BCUT2D eigenvalue weighted by molar-refractivity contribution is 0.136. The molecule has 0 spiro atoms. The third kappa shape index (κ3) is 3.91. The molecule has 1 aromatic rings. The molecule has 2 N–H and O–H groups in total. The van der Waals surface area contributed by atoms with Gasteiger partial charge in [0.25, 0.3) is 0 Å². The van der Waals surface area contributed by atoms with Crippen LogP contribution < -0.4 is 5.32 Å². The zero-order chi connectivity index (χ0) is 13.7. The van der Waals surface area contributed by atoms with Crippen molar-refractivity contribution < 1.29 is 9.90 Å². The number of likely N-dealkylation sites (tertiary alicyclic amines) is 1. The quantitative estimate of drug-likeness (QED) is 0.891. The molecule has 19 heavy (non-hydrogen) atoms. The highest BCUT2D eigenvalue weighted by Gasteiger charge is 2.23. The van der Waals surface area contributed by atoms with Gasteiger partial charge in [0.05, 0.1) is 0 Å². The van der Waals surface area contributed by atoms with Gasteiger partial charge >= 0.3 is 6.03 Å². The van der Waals surface area contributed by atoms with E-state index in [1.807, 2.05) is 6.20 Å². The Balaban J connectivity index is 1.88. The number of aromatic nitrogens is 1. The highest BCUT2D eigenvalue weighted by Crippen LogP contribution is 2.21. The van der Waals surface area contributed by atoms with E-state index in [0.717, 1.165) is 32.2 Å². The van der Waals surface area contributed by atoms with Gasteiger partial charge in [-0.2, -0.15) is 0 Å². The molecule has 1 aliphatic rings. The Morgan fingerprint density at radius 1 is 1.68 bits per heavy atom. The molecule has 0 radical (unpaired) electrons. The fourth-order valence-electron chi connectivity index (χ4n) is 2.30. The summed E-state index contributed by atoms with van der Waals surface area (Å²) >= 11 is 1.54. The standard InChI is InChI=1S/C13H21N3O2S/c1-2-4-11-7-14-12(19-11)15-13(18)16-6-3-5-10(8-16)9-17/h7,10,17H,2-6,8-9H2,1H3,(H,14,15,18). The average Bonchev–Trinajstić information content (AvgIpc) is 2.86. The number of aliphatic hydroxyl groups is 1. The minimum Gasteiger partial charge on any atom is -0.396 e. The Morgan fingerprint density at radius 2 is 2.53 bits per heavy atom. The molecule has 6 heteroatoms. The number of nitrogens with zero attached hydrogens (tertiary/aromatic N) is 2. The number of thiazole rings is 1. The Bertz CT molecular complexity index is 422. The van der Waals surface area contributed by atoms with Crippen LogP contribution in [0.1, 0.15) is 31.1 Å². The first kappa shape index (κ1) is 14.3. The van der Waals surface area contributed by atoms with Crippen LogP contribution in [0.5, 0.6) is 0 Å². The summed E-state index contributed by atoms with van der Waals surface area (Å²) in [5.41, 5.74) is 0. The molecule has 0 bridgehead atoms. The maximum Gasteiger partial charge on any atom is 0.323 e. The second-order valence-corrected chi connectivity index (χ2v) is 6.06. The van der Waals surface area contributed by atoms with Crippen LogP contribution in [-0.4, -0.2) is 40.7 Å². The molecule has 1 aliphatic heterocycles. The van der Waals surface area contributed by atoms with Crippen molar-refractivity contribution in [2.75, 3.05) is 25.0 Å². The second kappa shape index (κ2) is 6.86. The van der Waals surface area contributed by atoms with E-state index in [2.05, 4.69) is 17.2 Å². The summed E-state index contributed by atoms with van der Waals surface area (Å²) in [6, 6.07) is -0.101. The Morgan fingerprint density at radius 3 is 3.26 bits per heavy atom. The summed E-state index contributed by atoms with van der Waals surface area (Å²) in [6.07, 6.45) is 5.87. The summed E-state index contributed by atoms with van der Waals surface area (Å²) < 4.78 is 0. The first-order valence-electron chi connectivity index (χ1n) is 6.84. The van der Waals surface area contributed by atoms with Gasteiger partial charge in [-0.05, 0) is 25.2 Å². The number of carbonyl (C=O) groups is 1. The molecule has 1 saturated heterocycles. The van der Waals surface area contributed by atoms with Crippen molar-refractivity contribution in [3.8, 4) is 0 Å². The molecule has 0 aliphatic carbocycles. The topological polar surface area (TPSA) is 65.5 Å². The molecule has 2 amide bonds. The molecule has 2 heterocycles. The normalized spacial score (nSPS) is 19.5. The van der Waals surface area contributed by atoms with Crippen LogP contribution in [0.4, 0.5) is 9.93 Å². The molecule has 0 saturated carbocycles. The first-order valence-corrected chi connectivity index (χ1v) is 7.66. The van der Waals surface area contributed by atoms with E-state index in [9.17, 15) is 9.90 Å². The molecule has 1 fully saturated rings. The molecule has 1 atom stereocenters. The van der Waals surface area contributed by atoms with E-state index < -0.39 is 0 Å². The Labute approximate surface area is 117 Å². The second-order valence-electron chi connectivity index (χ2n) is 4.95. The third-order valence-corrected chi connectivity index (χ3v) is 4.30. The molecular weight excluding hydrogens is 262 g/mol. The molecule has 106 valence electrons. The number of aryl methyl sites for hydroxylation is 1. The summed E-state index contributed by atoms with van der Waals surface area (Å²) in [5.74, 6) is 0.214. The smallest absolute Gasteiger partial charge is 0.323 e. The minimum absolute atomic E-state index is 0.101. The number of nitrogens with one attached hydrogen (secondary N) is 1. The van der Waals surface area contributed by atoms with Gasteiger partial charge in [0.2, 0.25) is 0 Å². The number of urea groups is 1. The number of carbonyl (C=O) groups excluding carboxylic acids is 1. The number of aliphatic hydroxyl groups excluding tert-OH is 1. The van der Waals surface area contributed by atoms with Crippen LogP contribution >= 0.6 is 11.3 Å². The highest BCUT2D eigenvalue weighted by atomic mass is 32.1. The predicted octanol–water partition coefficient (Wildman–Crippen LogP) is 2.33. The summed E-state index contributed by atoms with van der Waals surface area (Å²) in [5, 5.41) is 12.7. The molecule has 5 nitrogen and oxygen atoms in total. The summed E-state index contributed by atoms with van der Waals surface area (Å²) in [4.78, 5) is 19.3.